The Labute approximate surface area is 386 Å². The first-order chi connectivity index (χ1) is 31.5. The van der Waals surface area contributed by atoms with Crippen LogP contribution in [0, 0.1) is 17.8 Å². The van der Waals surface area contributed by atoms with Gasteiger partial charge in [-0.25, -0.2) is 18.2 Å². The highest BCUT2D eigenvalue weighted by Gasteiger charge is 2.64. The average Bonchev–Trinajstić information content (AvgIpc) is 4.15. The predicted octanol–water partition coefficient (Wildman–Crippen LogP) is 6.61. The summed E-state index contributed by atoms with van der Waals surface area (Å²) in [6.07, 6.45) is -3.11. The number of rotatable bonds is 9. The van der Waals surface area contributed by atoms with E-state index < -0.39 is 92.4 Å². The van der Waals surface area contributed by atoms with E-state index in [-0.39, 0.29) is 36.0 Å². The van der Waals surface area contributed by atoms with Crippen molar-refractivity contribution in [1.29, 1.82) is 0 Å². The van der Waals surface area contributed by atoms with Gasteiger partial charge in [-0.15, -0.1) is 0 Å². The maximum absolute atomic E-state index is 15.3. The Morgan fingerprint density at radius 2 is 1.75 bits per heavy atom. The van der Waals surface area contributed by atoms with Gasteiger partial charge in [-0.3, -0.25) is 24.0 Å². The standard InChI is InChI=1S/C47H56F3N5O11S/c1-26-9-7-8-10-30-24-46(30,42(58)53-67(61,62)45(5)15-16-45)52-39(56)35-23-32(25-54(35)41(57)38(27(2)19-26)55(43(59)60)44(3,4)47(48,49)50)66-40-33-13-12-31(63-6)20-29(33)21-34(51-40)28-11-14-36-37(22-28)65-18-17-64-36/h8,10-14,20-22,26-27,30,32,35,38H,7,9,15-19,23-25H2,1-6H3,(H,52,56)(H,53,58)(H,59,60)/t26-,27-,30-,32-,35+,38+,46-/m1/s1. The zero-order valence-electron chi connectivity index (χ0n) is 38.1. The third kappa shape index (κ3) is 9.04. The second kappa shape index (κ2) is 17.4. The van der Waals surface area contributed by atoms with Gasteiger partial charge in [0.25, 0.3) is 5.91 Å². The fourth-order valence-corrected chi connectivity index (χ4v) is 10.8. The number of nitrogens with one attached hydrogen (secondary N) is 2. The Morgan fingerprint density at radius 1 is 1.03 bits per heavy atom. The van der Waals surface area contributed by atoms with Crippen LogP contribution in [0.3, 0.4) is 0 Å². The molecule has 3 fully saturated rings. The van der Waals surface area contributed by atoms with Crippen molar-refractivity contribution in [2.75, 3.05) is 26.9 Å². The van der Waals surface area contributed by atoms with E-state index in [9.17, 15) is 41.1 Å². The van der Waals surface area contributed by atoms with Crippen LogP contribution in [0.1, 0.15) is 79.6 Å². The monoisotopic (exact) mass is 955 g/mol. The van der Waals surface area contributed by atoms with Crippen LogP contribution >= 0.6 is 0 Å². The van der Waals surface area contributed by atoms with E-state index >= 15 is 4.79 Å². The minimum absolute atomic E-state index is 0.0295. The first-order valence-electron chi connectivity index (χ1n) is 22.5. The van der Waals surface area contributed by atoms with Gasteiger partial charge in [0, 0.05) is 23.3 Å². The molecule has 2 saturated carbocycles. The van der Waals surface area contributed by atoms with Crippen LogP contribution in [0.15, 0.2) is 54.6 Å². The molecule has 362 valence electrons. The van der Waals surface area contributed by atoms with Gasteiger partial charge in [0.05, 0.1) is 24.1 Å². The van der Waals surface area contributed by atoms with Gasteiger partial charge in [0.2, 0.25) is 27.7 Å². The van der Waals surface area contributed by atoms with Crippen LogP contribution in [-0.4, -0.2) is 119 Å². The molecule has 3 N–H and O–H groups in total. The fourth-order valence-electron chi connectivity index (χ4n) is 9.51. The van der Waals surface area contributed by atoms with Crippen molar-refractivity contribution in [2.45, 2.75) is 120 Å². The SMILES string of the molecule is COc1ccc2c(O[C@@H]3C[C@H]4C(=O)N[C@]5(C(=O)NS(=O)(=O)C6(C)CC6)C[C@H]5C=CCC[C@@H](C)C[C@@H](C)[C@H](N(C(=O)O)C(C)(C)C(F)(F)F)C(=O)N4C3)nc(-c3ccc4c(c3)OCCO4)cc2c1. The first-order valence-corrected chi connectivity index (χ1v) is 24.0. The molecule has 1 aromatic heterocycles. The largest absolute Gasteiger partial charge is 0.497 e. The molecule has 8 rings (SSSR count). The molecule has 0 unspecified atom stereocenters. The van der Waals surface area contributed by atoms with E-state index in [0.29, 0.717) is 92.0 Å². The summed E-state index contributed by atoms with van der Waals surface area (Å²) in [6.45, 7) is 6.60. The lowest BCUT2D eigenvalue weighted by Crippen LogP contribution is -2.66. The van der Waals surface area contributed by atoms with E-state index in [2.05, 4.69) is 10.0 Å². The number of carbonyl (C=O) groups is 4. The number of ether oxygens (including phenoxy) is 4. The molecule has 0 spiro atoms. The Kier molecular flexibility index (Phi) is 12.4. The normalized spacial score (nSPS) is 27.4. The lowest BCUT2D eigenvalue weighted by molar-refractivity contribution is -0.222. The Bertz CT molecular complexity index is 2620. The number of benzene rings is 2. The summed E-state index contributed by atoms with van der Waals surface area (Å²) in [5.41, 5.74) is -3.74. The second-order valence-electron chi connectivity index (χ2n) is 19.4. The molecule has 1 saturated heterocycles. The number of allylic oxidation sites excluding steroid dienone is 1. The molecule has 4 heterocycles. The second-order valence-corrected chi connectivity index (χ2v) is 21.6. The molecule has 3 aliphatic heterocycles. The van der Waals surface area contributed by atoms with E-state index in [1.165, 1.54) is 21.0 Å². The number of hydrogen-bond donors (Lipinski definition) is 3. The topological polar surface area (TPSA) is 203 Å². The Hall–Kier alpha value is -5.79. The number of sulfonamides is 1. The number of pyridine rings is 1. The van der Waals surface area contributed by atoms with Crippen molar-refractivity contribution in [3.63, 3.8) is 0 Å². The lowest BCUT2D eigenvalue weighted by Gasteiger charge is -2.45. The highest BCUT2D eigenvalue weighted by molar-refractivity contribution is 7.91. The number of aromatic nitrogens is 1. The molecule has 16 nitrogen and oxygen atoms in total. The predicted molar refractivity (Wildman–Crippen MR) is 238 cm³/mol. The average molecular weight is 956 g/mol. The van der Waals surface area contributed by atoms with E-state index in [4.69, 9.17) is 23.9 Å². The van der Waals surface area contributed by atoms with Gasteiger partial charge in [-0.2, -0.15) is 13.2 Å². The fraction of sp³-hybridized carbons (Fsp3) is 0.553. The molecule has 3 aromatic rings. The maximum atomic E-state index is 15.3. The zero-order valence-corrected chi connectivity index (χ0v) is 39.0. The van der Waals surface area contributed by atoms with Crippen molar-refractivity contribution in [2.24, 2.45) is 17.8 Å². The summed E-state index contributed by atoms with van der Waals surface area (Å²) in [4.78, 5) is 63.4. The third-order valence-electron chi connectivity index (χ3n) is 14.1. The van der Waals surface area contributed by atoms with Crippen molar-refractivity contribution in [1.82, 2.24) is 24.8 Å². The van der Waals surface area contributed by atoms with Crippen LogP contribution in [-0.2, 0) is 24.4 Å². The molecule has 4 amide bonds. The van der Waals surface area contributed by atoms with Crippen LogP contribution in [0.2, 0.25) is 0 Å². The molecule has 0 radical (unpaired) electrons. The van der Waals surface area contributed by atoms with Crippen molar-refractivity contribution in [3.8, 4) is 34.4 Å². The highest BCUT2D eigenvalue weighted by Crippen LogP contribution is 2.48. The van der Waals surface area contributed by atoms with E-state index in [1.807, 2.05) is 13.0 Å². The number of hydrogen-bond acceptors (Lipinski definition) is 11. The third-order valence-corrected chi connectivity index (χ3v) is 16.3. The quantitative estimate of drug-likeness (QED) is 0.194. The van der Waals surface area contributed by atoms with Gasteiger partial charge in [0.1, 0.15) is 48.2 Å². The van der Waals surface area contributed by atoms with Crippen molar-refractivity contribution in [3.05, 3.63) is 54.6 Å². The number of amides is 4. The number of fused-ring (bicyclic) bond motifs is 4. The van der Waals surface area contributed by atoms with E-state index in [0.717, 1.165) is 4.90 Å². The number of alkyl halides is 3. The molecule has 0 bridgehead atoms. The Balaban J connectivity index is 1.21. The first kappa shape index (κ1) is 47.7. The summed E-state index contributed by atoms with van der Waals surface area (Å²) in [5, 5.41) is 14.5. The number of methoxy groups -OCH3 is 1. The van der Waals surface area contributed by atoms with Crippen LogP contribution < -0.4 is 29.0 Å². The van der Waals surface area contributed by atoms with Gasteiger partial charge < -0.3 is 34.3 Å². The summed E-state index contributed by atoms with van der Waals surface area (Å²) < 4.78 is 96.1. The minimum atomic E-state index is -5.12. The molecule has 2 aromatic carbocycles. The molecular formula is C47H56F3N5O11S. The molecule has 20 heteroatoms. The van der Waals surface area contributed by atoms with Crippen LogP contribution in [0.25, 0.3) is 22.0 Å². The van der Waals surface area contributed by atoms with Crippen molar-refractivity contribution < 1.29 is 64.8 Å². The number of carboxylic acid groups (broad SMARTS) is 1. The number of halogens is 3. The highest BCUT2D eigenvalue weighted by atomic mass is 32.2. The van der Waals surface area contributed by atoms with E-state index in [1.54, 1.807) is 48.6 Å². The number of nitrogens with zero attached hydrogens (tertiary/aromatic N) is 3. The zero-order chi connectivity index (χ0) is 48.4. The summed E-state index contributed by atoms with van der Waals surface area (Å²) >= 11 is 0. The lowest BCUT2D eigenvalue weighted by atomic mass is 9.85. The molecule has 7 atom stereocenters. The number of carbonyl (C=O) groups excluding carboxylic acids is 3. The minimum Gasteiger partial charge on any atom is -0.497 e. The molecular weight excluding hydrogens is 900 g/mol. The van der Waals surface area contributed by atoms with Gasteiger partial charge in [-0.1, -0.05) is 26.0 Å². The Morgan fingerprint density at radius 3 is 2.42 bits per heavy atom. The maximum Gasteiger partial charge on any atom is 0.411 e. The van der Waals surface area contributed by atoms with Gasteiger partial charge >= 0.3 is 12.3 Å². The van der Waals surface area contributed by atoms with Crippen molar-refractivity contribution >= 4 is 44.6 Å². The smallest absolute Gasteiger partial charge is 0.411 e. The van der Waals surface area contributed by atoms with Crippen LogP contribution in [0.5, 0.6) is 23.1 Å². The summed E-state index contributed by atoms with van der Waals surface area (Å²) in [5.74, 6) is -3.09. The molecule has 2 aliphatic carbocycles. The summed E-state index contributed by atoms with van der Waals surface area (Å²) in [6, 6.07) is 8.85. The summed E-state index contributed by atoms with van der Waals surface area (Å²) in [7, 11) is -2.64. The van der Waals surface area contributed by atoms with Gasteiger partial charge in [0.15, 0.2) is 11.5 Å². The molecule has 67 heavy (non-hydrogen) atoms. The van der Waals surface area contributed by atoms with Gasteiger partial charge in [-0.05, 0) is 119 Å². The van der Waals surface area contributed by atoms with Crippen LogP contribution in [0.4, 0.5) is 18.0 Å². The molecule has 5 aliphatic rings.